The third-order valence-electron chi connectivity index (χ3n) is 5.32. The van der Waals surface area contributed by atoms with E-state index in [4.69, 9.17) is 0 Å². The third-order valence-corrected chi connectivity index (χ3v) is 5.32. The molecule has 0 saturated carbocycles. The number of carbonyl (C=O) groups is 2. The van der Waals surface area contributed by atoms with E-state index in [1.165, 1.54) is 6.42 Å². The summed E-state index contributed by atoms with van der Waals surface area (Å²) in [5.41, 5.74) is 2.13. The van der Waals surface area contributed by atoms with E-state index in [1.807, 2.05) is 40.1 Å². The van der Waals surface area contributed by atoms with Crippen LogP contribution in [0.3, 0.4) is 0 Å². The molecular weight excluding hydrogens is 340 g/mol. The molecule has 2 aliphatic heterocycles. The van der Waals surface area contributed by atoms with Crippen molar-refractivity contribution < 1.29 is 9.59 Å². The molecule has 3 heterocycles. The maximum Gasteiger partial charge on any atom is 0.274 e. The van der Waals surface area contributed by atoms with Gasteiger partial charge >= 0.3 is 0 Å². The second kappa shape index (κ2) is 7.86. The van der Waals surface area contributed by atoms with E-state index in [2.05, 4.69) is 9.97 Å². The first-order valence-electron chi connectivity index (χ1n) is 9.66. The fraction of sp³-hybridized carbons (Fsp3) is 0.429. The Balaban J connectivity index is 1.43. The highest BCUT2D eigenvalue weighted by atomic mass is 16.2. The Hall–Kier alpha value is -2.76. The lowest BCUT2D eigenvalue weighted by Gasteiger charge is -2.26. The maximum atomic E-state index is 12.6. The van der Waals surface area contributed by atoms with Crippen molar-refractivity contribution in [1.29, 1.82) is 0 Å². The lowest BCUT2D eigenvalue weighted by atomic mass is 10.0. The Kier molecular flexibility index (Phi) is 5.14. The number of hydrogen-bond donors (Lipinski definition) is 0. The van der Waals surface area contributed by atoms with Crippen molar-refractivity contribution in [2.24, 2.45) is 5.92 Å². The molecule has 1 aromatic heterocycles. The summed E-state index contributed by atoms with van der Waals surface area (Å²) in [5.74, 6) is 0.296. The van der Waals surface area contributed by atoms with Gasteiger partial charge in [-0.15, -0.1) is 0 Å². The molecule has 0 unspecified atom stereocenters. The summed E-state index contributed by atoms with van der Waals surface area (Å²) in [6, 6.07) is 9.74. The van der Waals surface area contributed by atoms with Crippen LogP contribution in [0.2, 0.25) is 0 Å². The molecule has 1 aromatic carbocycles. The number of piperidine rings is 1. The van der Waals surface area contributed by atoms with Crippen LogP contribution in [0.4, 0.5) is 5.69 Å². The number of hydrogen-bond acceptors (Lipinski definition) is 4. The third kappa shape index (κ3) is 3.99. The van der Waals surface area contributed by atoms with Crippen LogP contribution < -0.4 is 4.90 Å². The molecule has 6 nitrogen and oxygen atoms in total. The molecule has 2 fully saturated rings. The molecule has 6 heteroatoms. The van der Waals surface area contributed by atoms with Gasteiger partial charge in [0.05, 0.1) is 11.9 Å². The average molecular weight is 364 g/mol. The van der Waals surface area contributed by atoms with Gasteiger partial charge in [-0.3, -0.25) is 14.6 Å². The second-order valence-electron chi connectivity index (χ2n) is 7.36. The molecule has 2 saturated heterocycles. The summed E-state index contributed by atoms with van der Waals surface area (Å²) in [5, 5.41) is 0. The average Bonchev–Trinajstić information content (AvgIpc) is 3.09. The minimum absolute atomic E-state index is 0.0301. The van der Waals surface area contributed by atoms with Gasteiger partial charge in [0, 0.05) is 37.9 Å². The molecule has 2 aromatic rings. The van der Waals surface area contributed by atoms with Gasteiger partial charge in [0.1, 0.15) is 5.69 Å². The van der Waals surface area contributed by atoms with E-state index in [1.54, 1.807) is 12.4 Å². The second-order valence-corrected chi connectivity index (χ2v) is 7.36. The standard InChI is InChI=1S/C21H24N4O2/c26-20-12-16(15-25(20)18-7-3-1-4-8-18)11-17-13-22-14-19(23-17)21(27)24-9-5-2-6-10-24/h1,3-4,7-8,13-14,16H,2,5-6,9-12,15H2/t16-/m1/s1. The zero-order valence-corrected chi connectivity index (χ0v) is 15.4. The smallest absolute Gasteiger partial charge is 0.274 e. The molecule has 1 atom stereocenters. The SMILES string of the molecule is O=C(c1cncc(C[C@@H]2CC(=O)N(c3ccccc3)C2)n1)N1CCCCC1. The van der Waals surface area contributed by atoms with Gasteiger partial charge in [-0.2, -0.15) is 0 Å². The molecule has 4 rings (SSSR count). The summed E-state index contributed by atoms with van der Waals surface area (Å²) in [6.07, 6.45) is 7.71. The number of rotatable bonds is 4. The number of para-hydroxylation sites is 1. The number of carbonyl (C=O) groups excluding carboxylic acids is 2. The van der Waals surface area contributed by atoms with Crippen LogP contribution in [-0.2, 0) is 11.2 Å². The van der Waals surface area contributed by atoms with Gasteiger partial charge in [-0.25, -0.2) is 4.98 Å². The number of likely N-dealkylation sites (tertiary alicyclic amines) is 1. The predicted octanol–water partition coefficient (Wildman–Crippen LogP) is 2.70. The van der Waals surface area contributed by atoms with Crippen LogP contribution in [0.5, 0.6) is 0 Å². The number of benzene rings is 1. The van der Waals surface area contributed by atoms with Crippen LogP contribution >= 0.6 is 0 Å². The maximum absolute atomic E-state index is 12.6. The van der Waals surface area contributed by atoms with E-state index in [0.717, 1.165) is 37.3 Å². The molecule has 0 radical (unpaired) electrons. The highest BCUT2D eigenvalue weighted by Crippen LogP contribution is 2.26. The Morgan fingerprint density at radius 2 is 1.85 bits per heavy atom. The van der Waals surface area contributed by atoms with Crippen LogP contribution in [0, 0.1) is 5.92 Å². The molecule has 140 valence electrons. The van der Waals surface area contributed by atoms with Gasteiger partial charge in [-0.05, 0) is 43.7 Å². The van der Waals surface area contributed by atoms with Crippen LogP contribution in [-0.4, -0.2) is 46.3 Å². The Morgan fingerprint density at radius 1 is 1.07 bits per heavy atom. The summed E-state index contributed by atoms with van der Waals surface area (Å²) >= 11 is 0. The molecule has 0 aliphatic carbocycles. The summed E-state index contributed by atoms with van der Waals surface area (Å²) in [7, 11) is 0. The fourth-order valence-electron chi connectivity index (χ4n) is 3.94. The molecule has 2 amide bonds. The monoisotopic (exact) mass is 364 g/mol. The van der Waals surface area contributed by atoms with Gasteiger partial charge in [-0.1, -0.05) is 18.2 Å². The Bertz CT molecular complexity index is 818. The first-order chi connectivity index (χ1) is 13.2. The molecule has 2 aliphatic rings. The quantitative estimate of drug-likeness (QED) is 0.837. The highest BCUT2D eigenvalue weighted by molar-refractivity contribution is 5.95. The van der Waals surface area contributed by atoms with Crippen molar-refractivity contribution in [1.82, 2.24) is 14.9 Å². The van der Waals surface area contributed by atoms with E-state index in [0.29, 0.717) is 25.1 Å². The first-order valence-corrected chi connectivity index (χ1v) is 9.66. The zero-order chi connectivity index (χ0) is 18.6. The van der Waals surface area contributed by atoms with Crippen LogP contribution in [0.25, 0.3) is 0 Å². The van der Waals surface area contributed by atoms with Crippen molar-refractivity contribution >= 4 is 17.5 Å². The summed E-state index contributed by atoms with van der Waals surface area (Å²) < 4.78 is 0. The van der Waals surface area contributed by atoms with Crippen LogP contribution in [0.15, 0.2) is 42.7 Å². The fourth-order valence-corrected chi connectivity index (χ4v) is 3.94. The molecule has 0 bridgehead atoms. The highest BCUT2D eigenvalue weighted by Gasteiger charge is 2.31. The van der Waals surface area contributed by atoms with E-state index < -0.39 is 0 Å². The lowest BCUT2D eigenvalue weighted by Crippen LogP contribution is -2.36. The van der Waals surface area contributed by atoms with E-state index >= 15 is 0 Å². The number of aromatic nitrogens is 2. The van der Waals surface area contributed by atoms with E-state index in [-0.39, 0.29) is 17.7 Å². The Labute approximate surface area is 159 Å². The van der Waals surface area contributed by atoms with Gasteiger partial charge in [0.25, 0.3) is 5.91 Å². The van der Waals surface area contributed by atoms with Crippen molar-refractivity contribution in [3.05, 3.63) is 54.1 Å². The van der Waals surface area contributed by atoms with Gasteiger partial charge in [0.15, 0.2) is 0 Å². The summed E-state index contributed by atoms with van der Waals surface area (Å²) in [6.45, 7) is 2.27. The minimum Gasteiger partial charge on any atom is -0.337 e. The molecular formula is C21H24N4O2. The van der Waals surface area contributed by atoms with Crippen molar-refractivity contribution in [3.63, 3.8) is 0 Å². The number of amides is 2. The van der Waals surface area contributed by atoms with Crippen molar-refractivity contribution in [3.8, 4) is 0 Å². The molecule has 27 heavy (non-hydrogen) atoms. The van der Waals surface area contributed by atoms with Gasteiger partial charge < -0.3 is 9.80 Å². The normalized spacial score (nSPS) is 20.1. The van der Waals surface area contributed by atoms with Crippen molar-refractivity contribution in [2.45, 2.75) is 32.1 Å². The largest absolute Gasteiger partial charge is 0.337 e. The van der Waals surface area contributed by atoms with Gasteiger partial charge in [0.2, 0.25) is 5.91 Å². The molecule has 0 spiro atoms. The van der Waals surface area contributed by atoms with Crippen LogP contribution in [0.1, 0.15) is 41.9 Å². The minimum atomic E-state index is -0.0301. The van der Waals surface area contributed by atoms with E-state index in [9.17, 15) is 9.59 Å². The molecule has 0 N–H and O–H groups in total. The number of nitrogens with zero attached hydrogens (tertiary/aromatic N) is 4. The topological polar surface area (TPSA) is 66.4 Å². The zero-order valence-electron chi connectivity index (χ0n) is 15.4. The number of anilines is 1. The summed E-state index contributed by atoms with van der Waals surface area (Å²) in [4.78, 5) is 37.5. The Morgan fingerprint density at radius 3 is 2.63 bits per heavy atom. The van der Waals surface area contributed by atoms with Crippen molar-refractivity contribution in [2.75, 3.05) is 24.5 Å². The predicted molar refractivity (Wildman–Crippen MR) is 102 cm³/mol. The first kappa shape index (κ1) is 17.6. The lowest BCUT2D eigenvalue weighted by molar-refractivity contribution is -0.117.